The van der Waals surface area contributed by atoms with E-state index < -0.39 is 0 Å². The molecule has 2 atom stereocenters. The van der Waals surface area contributed by atoms with Crippen LogP contribution in [-0.4, -0.2) is 25.7 Å². The molecule has 0 fully saturated rings. The fraction of sp³-hybridized carbons (Fsp3) is 0.400. The number of carbonyl (C=O) groups is 1. The van der Waals surface area contributed by atoms with Crippen LogP contribution in [-0.2, 0) is 17.8 Å². The van der Waals surface area contributed by atoms with Crippen molar-refractivity contribution < 1.29 is 4.79 Å². The number of amides is 1. The first-order chi connectivity index (χ1) is 12.9. The molecule has 0 aliphatic rings. The molecule has 1 amide bonds. The van der Waals surface area contributed by atoms with Crippen LogP contribution >= 0.6 is 11.3 Å². The Morgan fingerprint density at radius 2 is 2.11 bits per heavy atom. The van der Waals surface area contributed by atoms with E-state index in [1.165, 1.54) is 5.56 Å². The summed E-state index contributed by atoms with van der Waals surface area (Å²) in [4.78, 5) is 21.7. The third-order valence-electron chi connectivity index (χ3n) is 4.57. The molecule has 0 saturated heterocycles. The summed E-state index contributed by atoms with van der Waals surface area (Å²) in [6.07, 6.45) is 2.50. The maximum atomic E-state index is 12.9. The highest BCUT2D eigenvalue weighted by Gasteiger charge is 2.23. The standard InChI is InChI=1S/C20H25N5OS/c1-13-6-5-8-21-19(13)18(10-17-7-9-27-12-17)23-20(26)14(2)11-25-16(4)22-15(3)24-25/h5-9,12,14,18H,10-11H2,1-4H3,(H,23,26). The Kier molecular flexibility index (Phi) is 6.01. The molecule has 0 bridgehead atoms. The van der Waals surface area contributed by atoms with Gasteiger partial charge in [-0.15, -0.1) is 0 Å². The van der Waals surface area contributed by atoms with Crippen molar-refractivity contribution in [2.45, 2.75) is 46.7 Å². The predicted molar refractivity (Wildman–Crippen MR) is 107 cm³/mol. The SMILES string of the molecule is Cc1nc(C)n(CC(C)C(=O)NC(Cc2ccsc2)c2ncccc2C)n1. The highest BCUT2D eigenvalue weighted by Crippen LogP contribution is 2.22. The molecule has 0 spiro atoms. The van der Waals surface area contributed by atoms with E-state index in [4.69, 9.17) is 0 Å². The van der Waals surface area contributed by atoms with Gasteiger partial charge in [-0.3, -0.25) is 9.78 Å². The molecule has 1 N–H and O–H groups in total. The largest absolute Gasteiger partial charge is 0.347 e. The van der Waals surface area contributed by atoms with Crippen molar-refractivity contribution in [1.82, 2.24) is 25.1 Å². The van der Waals surface area contributed by atoms with E-state index in [1.54, 1.807) is 22.2 Å². The van der Waals surface area contributed by atoms with Crippen LogP contribution in [0.1, 0.15) is 41.4 Å². The second kappa shape index (κ2) is 8.43. The number of hydrogen-bond acceptors (Lipinski definition) is 5. The minimum Gasteiger partial charge on any atom is -0.347 e. The number of hydrogen-bond donors (Lipinski definition) is 1. The Bertz CT molecular complexity index is 903. The molecule has 6 nitrogen and oxygen atoms in total. The molecule has 0 radical (unpaired) electrons. The molecule has 0 aliphatic heterocycles. The van der Waals surface area contributed by atoms with Gasteiger partial charge in [-0.1, -0.05) is 13.0 Å². The average molecular weight is 384 g/mol. The van der Waals surface area contributed by atoms with Gasteiger partial charge in [-0.2, -0.15) is 16.4 Å². The van der Waals surface area contributed by atoms with Gasteiger partial charge < -0.3 is 5.32 Å². The smallest absolute Gasteiger partial charge is 0.225 e. The summed E-state index contributed by atoms with van der Waals surface area (Å²) >= 11 is 1.66. The van der Waals surface area contributed by atoms with E-state index in [-0.39, 0.29) is 17.9 Å². The molecule has 7 heteroatoms. The zero-order valence-corrected chi connectivity index (χ0v) is 17.0. The molecule has 2 unspecified atom stereocenters. The van der Waals surface area contributed by atoms with Gasteiger partial charge in [0.25, 0.3) is 0 Å². The van der Waals surface area contributed by atoms with Gasteiger partial charge in [0.15, 0.2) is 0 Å². The van der Waals surface area contributed by atoms with Crippen molar-refractivity contribution in [2.75, 3.05) is 0 Å². The number of aryl methyl sites for hydroxylation is 3. The van der Waals surface area contributed by atoms with Crippen molar-refractivity contribution in [3.05, 3.63) is 63.6 Å². The topological polar surface area (TPSA) is 72.7 Å². The lowest BCUT2D eigenvalue weighted by Gasteiger charge is -2.22. The monoisotopic (exact) mass is 383 g/mol. The van der Waals surface area contributed by atoms with Crippen molar-refractivity contribution in [1.29, 1.82) is 0 Å². The van der Waals surface area contributed by atoms with Gasteiger partial charge >= 0.3 is 0 Å². The fourth-order valence-electron chi connectivity index (χ4n) is 3.11. The summed E-state index contributed by atoms with van der Waals surface area (Å²) in [5.74, 6) is 1.31. The maximum absolute atomic E-state index is 12.9. The van der Waals surface area contributed by atoms with Crippen molar-refractivity contribution in [2.24, 2.45) is 5.92 Å². The first-order valence-corrected chi connectivity index (χ1v) is 9.99. The van der Waals surface area contributed by atoms with Gasteiger partial charge in [0.05, 0.1) is 24.2 Å². The Balaban J connectivity index is 1.75. The van der Waals surface area contributed by atoms with Gasteiger partial charge in [0.2, 0.25) is 5.91 Å². The number of rotatable bonds is 7. The van der Waals surface area contributed by atoms with Crippen molar-refractivity contribution in [3.8, 4) is 0 Å². The third kappa shape index (κ3) is 4.80. The van der Waals surface area contributed by atoms with Crippen LogP contribution in [0.3, 0.4) is 0 Å². The molecular weight excluding hydrogens is 358 g/mol. The van der Waals surface area contributed by atoms with Gasteiger partial charge in [-0.25, -0.2) is 9.67 Å². The number of nitrogens with zero attached hydrogens (tertiary/aromatic N) is 4. The number of thiophene rings is 1. The molecule has 142 valence electrons. The molecule has 3 rings (SSSR count). The number of pyridine rings is 1. The molecule has 3 aromatic heterocycles. The Morgan fingerprint density at radius 1 is 1.30 bits per heavy atom. The molecule has 27 heavy (non-hydrogen) atoms. The zero-order chi connectivity index (χ0) is 19.4. The summed E-state index contributed by atoms with van der Waals surface area (Å²) in [5, 5.41) is 11.7. The third-order valence-corrected chi connectivity index (χ3v) is 5.31. The fourth-order valence-corrected chi connectivity index (χ4v) is 3.80. The van der Waals surface area contributed by atoms with Crippen LogP contribution < -0.4 is 5.32 Å². The van der Waals surface area contributed by atoms with Crippen LogP contribution in [0.2, 0.25) is 0 Å². The highest BCUT2D eigenvalue weighted by atomic mass is 32.1. The lowest BCUT2D eigenvalue weighted by molar-refractivity contribution is -0.125. The number of nitrogens with one attached hydrogen (secondary N) is 1. The predicted octanol–water partition coefficient (Wildman–Crippen LogP) is 3.40. The molecule has 0 aliphatic carbocycles. The van der Waals surface area contributed by atoms with Gasteiger partial charge in [0, 0.05) is 6.20 Å². The van der Waals surface area contributed by atoms with Crippen LogP contribution in [0.5, 0.6) is 0 Å². The second-order valence-electron chi connectivity index (χ2n) is 6.89. The average Bonchev–Trinajstić information content (AvgIpc) is 3.24. The summed E-state index contributed by atoms with van der Waals surface area (Å²) in [7, 11) is 0. The lowest BCUT2D eigenvalue weighted by Crippen LogP contribution is -2.36. The van der Waals surface area contributed by atoms with E-state index >= 15 is 0 Å². The summed E-state index contributed by atoms with van der Waals surface area (Å²) in [6.45, 7) is 8.21. The van der Waals surface area contributed by atoms with E-state index in [1.807, 2.05) is 39.8 Å². The zero-order valence-electron chi connectivity index (χ0n) is 16.1. The van der Waals surface area contributed by atoms with E-state index in [0.717, 1.165) is 29.3 Å². The first-order valence-electron chi connectivity index (χ1n) is 9.05. The van der Waals surface area contributed by atoms with E-state index in [2.05, 4.69) is 37.2 Å². The minimum absolute atomic E-state index is 0.00663. The summed E-state index contributed by atoms with van der Waals surface area (Å²) < 4.78 is 1.79. The Morgan fingerprint density at radius 3 is 2.74 bits per heavy atom. The minimum atomic E-state index is -0.223. The summed E-state index contributed by atoms with van der Waals surface area (Å²) in [5.41, 5.74) is 3.19. The highest BCUT2D eigenvalue weighted by molar-refractivity contribution is 7.07. The first kappa shape index (κ1) is 19.2. The molecule has 0 saturated carbocycles. The molecule has 3 heterocycles. The quantitative estimate of drug-likeness (QED) is 0.679. The molecule has 3 aromatic rings. The van der Waals surface area contributed by atoms with Gasteiger partial charge in [0.1, 0.15) is 11.6 Å². The van der Waals surface area contributed by atoms with Crippen LogP contribution in [0.4, 0.5) is 0 Å². The van der Waals surface area contributed by atoms with E-state index in [9.17, 15) is 4.79 Å². The summed E-state index contributed by atoms with van der Waals surface area (Å²) in [6, 6.07) is 5.88. The lowest BCUT2D eigenvalue weighted by atomic mass is 10.0. The number of aromatic nitrogens is 4. The Hall–Kier alpha value is -2.54. The maximum Gasteiger partial charge on any atom is 0.225 e. The normalized spacial score (nSPS) is 13.3. The van der Waals surface area contributed by atoms with Crippen LogP contribution in [0, 0.1) is 26.7 Å². The Labute approximate surface area is 163 Å². The van der Waals surface area contributed by atoms with Crippen molar-refractivity contribution >= 4 is 17.2 Å². The van der Waals surface area contributed by atoms with E-state index in [0.29, 0.717) is 6.54 Å². The van der Waals surface area contributed by atoms with Gasteiger partial charge in [-0.05, 0) is 61.2 Å². The second-order valence-corrected chi connectivity index (χ2v) is 7.67. The number of carbonyl (C=O) groups excluding carboxylic acids is 1. The molecular formula is C20H25N5OS. The van der Waals surface area contributed by atoms with Crippen LogP contribution in [0.15, 0.2) is 35.2 Å². The molecule has 0 aromatic carbocycles. The van der Waals surface area contributed by atoms with Crippen molar-refractivity contribution in [3.63, 3.8) is 0 Å². The van der Waals surface area contributed by atoms with Crippen LogP contribution in [0.25, 0.3) is 0 Å².